The predicted octanol–water partition coefficient (Wildman–Crippen LogP) is 3.33. The molecule has 4 heteroatoms. The van der Waals surface area contributed by atoms with Gasteiger partial charge in [-0.15, -0.1) is 0 Å². The van der Waals surface area contributed by atoms with Crippen LogP contribution in [0.3, 0.4) is 0 Å². The van der Waals surface area contributed by atoms with E-state index in [2.05, 4.69) is 37.1 Å². The second-order valence-electron chi connectivity index (χ2n) is 4.68. The van der Waals surface area contributed by atoms with Crippen LogP contribution in [0.5, 0.6) is 0 Å². The molecule has 0 atom stereocenters. The molecular formula is C15H15N3O. The van der Waals surface area contributed by atoms with Crippen molar-refractivity contribution in [1.29, 1.82) is 0 Å². The van der Waals surface area contributed by atoms with Gasteiger partial charge in [0.15, 0.2) is 0 Å². The fourth-order valence-corrected chi connectivity index (χ4v) is 2.10. The molecular weight excluding hydrogens is 238 g/mol. The molecule has 0 aliphatic carbocycles. The van der Waals surface area contributed by atoms with Crippen molar-refractivity contribution in [2.45, 2.75) is 13.8 Å². The maximum Gasteiger partial charge on any atom is 0.119 e. The number of benzene rings is 1. The lowest BCUT2D eigenvalue weighted by molar-refractivity contribution is 0.568. The highest BCUT2D eigenvalue weighted by molar-refractivity contribution is 5.71. The minimum Gasteiger partial charge on any atom is -0.472 e. The minimum atomic E-state index is 0.641. The van der Waals surface area contributed by atoms with Gasteiger partial charge in [0, 0.05) is 5.56 Å². The molecule has 0 saturated heterocycles. The van der Waals surface area contributed by atoms with Crippen LogP contribution in [-0.4, -0.2) is 9.78 Å². The van der Waals surface area contributed by atoms with Gasteiger partial charge in [-0.1, -0.05) is 12.1 Å². The van der Waals surface area contributed by atoms with Gasteiger partial charge in [-0.2, -0.15) is 5.10 Å². The Kier molecular flexibility index (Phi) is 2.63. The number of aryl methyl sites for hydroxylation is 2. The second-order valence-corrected chi connectivity index (χ2v) is 4.68. The lowest BCUT2D eigenvalue weighted by Crippen LogP contribution is -1.98. The van der Waals surface area contributed by atoms with Gasteiger partial charge in [0.2, 0.25) is 0 Å². The fraction of sp³-hybridized carbons (Fsp3) is 0.133. The Bertz CT molecular complexity index is 711. The quantitative estimate of drug-likeness (QED) is 0.762. The van der Waals surface area contributed by atoms with Crippen LogP contribution in [0.15, 0.2) is 47.4 Å². The van der Waals surface area contributed by atoms with Crippen molar-refractivity contribution in [2.75, 3.05) is 5.73 Å². The Morgan fingerprint density at radius 1 is 1.21 bits per heavy atom. The van der Waals surface area contributed by atoms with E-state index in [0.29, 0.717) is 5.69 Å². The summed E-state index contributed by atoms with van der Waals surface area (Å²) in [6.45, 7) is 4.12. The Morgan fingerprint density at radius 2 is 2.05 bits per heavy atom. The van der Waals surface area contributed by atoms with Crippen LogP contribution < -0.4 is 5.73 Å². The molecule has 3 aromatic rings. The van der Waals surface area contributed by atoms with Gasteiger partial charge in [0.25, 0.3) is 0 Å². The van der Waals surface area contributed by atoms with E-state index in [1.54, 1.807) is 12.5 Å². The van der Waals surface area contributed by atoms with Crippen LogP contribution in [0, 0.1) is 13.8 Å². The van der Waals surface area contributed by atoms with Crippen LogP contribution in [0.4, 0.5) is 5.69 Å². The Hall–Kier alpha value is -2.49. The summed E-state index contributed by atoms with van der Waals surface area (Å²) in [7, 11) is 0. The summed E-state index contributed by atoms with van der Waals surface area (Å²) in [6.07, 6.45) is 5.10. The zero-order valence-electron chi connectivity index (χ0n) is 10.9. The second kappa shape index (κ2) is 4.31. The van der Waals surface area contributed by atoms with Gasteiger partial charge in [-0.25, -0.2) is 4.68 Å². The van der Waals surface area contributed by atoms with E-state index in [4.69, 9.17) is 10.2 Å². The SMILES string of the molecule is Cc1ccc(C)c(-n2cc(N)c(-c3ccoc3)n2)c1. The van der Waals surface area contributed by atoms with Crippen LogP contribution in [-0.2, 0) is 0 Å². The molecule has 4 nitrogen and oxygen atoms in total. The topological polar surface area (TPSA) is 57.0 Å². The molecule has 1 aromatic carbocycles. The van der Waals surface area contributed by atoms with Gasteiger partial charge in [-0.3, -0.25) is 0 Å². The van der Waals surface area contributed by atoms with Crippen LogP contribution in [0.1, 0.15) is 11.1 Å². The highest BCUT2D eigenvalue weighted by Crippen LogP contribution is 2.26. The first kappa shape index (κ1) is 11.6. The highest BCUT2D eigenvalue weighted by atomic mass is 16.3. The molecule has 2 heterocycles. The molecule has 0 amide bonds. The van der Waals surface area contributed by atoms with Crippen LogP contribution in [0.25, 0.3) is 16.9 Å². The summed E-state index contributed by atoms with van der Waals surface area (Å²) in [5, 5.41) is 4.56. The van der Waals surface area contributed by atoms with E-state index < -0.39 is 0 Å². The zero-order chi connectivity index (χ0) is 13.4. The van der Waals surface area contributed by atoms with Crippen molar-refractivity contribution in [3.63, 3.8) is 0 Å². The molecule has 19 heavy (non-hydrogen) atoms. The molecule has 0 fully saturated rings. The molecule has 0 spiro atoms. The molecule has 0 bridgehead atoms. The Morgan fingerprint density at radius 3 is 2.79 bits per heavy atom. The lowest BCUT2D eigenvalue weighted by Gasteiger charge is -2.06. The molecule has 0 aliphatic rings. The third-order valence-corrected chi connectivity index (χ3v) is 3.15. The number of nitrogen functional groups attached to an aromatic ring is 1. The molecule has 3 rings (SSSR count). The molecule has 0 unspecified atom stereocenters. The summed E-state index contributed by atoms with van der Waals surface area (Å²) in [4.78, 5) is 0. The average molecular weight is 253 g/mol. The van der Waals surface area contributed by atoms with Crippen molar-refractivity contribution >= 4 is 5.69 Å². The van der Waals surface area contributed by atoms with E-state index in [9.17, 15) is 0 Å². The lowest BCUT2D eigenvalue weighted by atomic mass is 10.1. The van der Waals surface area contributed by atoms with Crippen molar-refractivity contribution in [3.05, 3.63) is 54.1 Å². The van der Waals surface area contributed by atoms with Crippen molar-refractivity contribution in [2.24, 2.45) is 0 Å². The molecule has 0 radical (unpaired) electrons. The Balaban J connectivity index is 2.12. The van der Waals surface area contributed by atoms with Gasteiger partial charge < -0.3 is 10.2 Å². The third-order valence-electron chi connectivity index (χ3n) is 3.15. The summed E-state index contributed by atoms with van der Waals surface area (Å²) in [5.74, 6) is 0. The van der Waals surface area contributed by atoms with E-state index in [0.717, 1.165) is 22.5 Å². The van der Waals surface area contributed by atoms with E-state index in [-0.39, 0.29) is 0 Å². The zero-order valence-corrected chi connectivity index (χ0v) is 10.9. The summed E-state index contributed by atoms with van der Waals surface area (Å²) >= 11 is 0. The maximum absolute atomic E-state index is 6.03. The molecule has 2 aromatic heterocycles. The number of nitrogens with two attached hydrogens (primary N) is 1. The molecule has 0 saturated carbocycles. The number of anilines is 1. The van der Waals surface area contributed by atoms with Crippen LogP contribution in [0.2, 0.25) is 0 Å². The molecule has 2 N–H and O–H groups in total. The maximum atomic E-state index is 6.03. The molecule has 0 aliphatic heterocycles. The van der Waals surface area contributed by atoms with Gasteiger partial charge in [-0.05, 0) is 37.1 Å². The first-order chi connectivity index (χ1) is 9.15. The largest absolute Gasteiger partial charge is 0.472 e. The number of rotatable bonds is 2. The first-order valence-electron chi connectivity index (χ1n) is 6.10. The van der Waals surface area contributed by atoms with E-state index >= 15 is 0 Å². The fourth-order valence-electron chi connectivity index (χ4n) is 2.10. The number of aromatic nitrogens is 2. The molecule has 96 valence electrons. The predicted molar refractivity (Wildman–Crippen MR) is 75.2 cm³/mol. The average Bonchev–Trinajstić information content (AvgIpc) is 3.01. The van der Waals surface area contributed by atoms with Gasteiger partial charge in [0.05, 0.1) is 30.1 Å². The third kappa shape index (κ3) is 2.01. The van der Waals surface area contributed by atoms with Gasteiger partial charge >= 0.3 is 0 Å². The number of hydrogen-bond acceptors (Lipinski definition) is 3. The first-order valence-corrected chi connectivity index (χ1v) is 6.10. The number of hydrogen-bond donors (Lipinski definition) is 1. The normalized spacial score (nSPS) is 10.8. The standard InChI is InChI=1S/C15H15N3O/c1-10-3-4-11(2)14(7-10)18-8-13(16)15(17-18)12-5-6-19-9-12/h3-9H,16H2,1-2H3. The number of furan rings is 1. The van der Waals surface area contributed by atoms with Crippen molar-refractivity contribution in [3.8, 4) is 16.9 Å². The number of nitrogens with zero attached hydrogens (tertiary/aromatic N) is 2. The van der Waals surface area contributed by atoms with E-state index in [1.807, 2.05) is 16.9 Å². The van der Waals surface area contributed by atoms with Crippen LogP contribution >= 0.6 is 0 Å². The summed E-state index contributed by atoms with van der Waals surface area (Å²) in [5.41, 5.74) is 11.7. The highest BCUT2D eigenvalue weighted by Gasteiger charge is 2.11. The Labute approximate surface area is 111 Å². The van der Waals surface area contributed by atoms with E-state index in [1.165, 1.54) is 5.56 Å². The van der Waals surface area contributed by atoms with Crippen molar-refractivity contribution in [1.82, 2.24) is 9.78 Å². The summed E-state index contributed by atoms with van der Waals surface area (Å²) < 4.78 is 6.90. The summed E-state index contributed by atoms with van der Waals surface area (Å²) in [6, 6.07) is 8.12. The smallest absolute Gasteiger partial charge is 0.119 e. The minimum absolute atomic E-state index is 0.641. The van der Waals surface area contributed by atoms with Gasteiger partial charge in [0.1, 0.15) is 5.69 Å². The van der Waals surface area contributed by atoms with Crippen molar-refractivity contribution < 1.29 is 4.42 Å². The monoisotopic (exact) mass is 253 g/mol.